The molecule has 0 amide bonds. The van der Waals surface area contributed by atoms with Gasteiger partial charge in [0, 0.05) is 12.0 Å². The minimum Gasteiger partial charge on any atom is -0.488 e. The quantitative estimate of drug-likeness (QED) is 0.783. The number of hydrogen-bond acceptors (Lipinski definition) is 3. The monoisotopic (exact) mass is 283 g/mol. The Labute approximate surface area is 122 Å². The molecule has 0 spiro atoms. The van der Waals surface area contributed by atoms with Gasteiger partial charge in [0.25, 0.3) is 0 Å². The van der Waals surface area contributed by atoms with Crippen LogP contribution < -0.4 is 4.74 Å². The Balaban J connectivity index is 2.24. The van der Waals surface area contributed by atoms with Gasteiger partial charge in [-0.1, -0.05) is 25.1 Å². The Bertz CT molecular complexity index is 704. The van der Waals surface area contributed by atoms with Crippen LogP contribution >= 0.6 is 0 Å². The standard InChI is InChI=1S/C17H14FNO2/c1-2-16(20)15-9-14(18)7-8-17(15)21-11-13-6-4-3-5-12(13)10-19/h3-9H,2,11H2,1H3. The van der Waals surface area contributed by atoms with Crippen LogP contribution in [-0.2, 0) is 6.61 Å². The lowest BCUT2D eigenvalue weighted by molar-refractivity contribution is 0.0983. The maximum absolute atomic E-state index is 13.3. The summed E-state index contributed by atoms with van der Waals surface area (Å²) in [6.07, 6.45) is 0.272. The van der Waals surface area contributed by atoms with Gasteiger partial charge in [-0.15, -0.1) is 0 Å². The molecule has 0 saturated carbocycles. The van der Waals surface area contributed by atoms with E-state index >= 15 is 0 Å². The molecule has 0 unspecified atom stereocenters. The first-order chi connectivity index (χ1) is 10.2. The Morgan fingerprint density at radius 3 is 2.76 bits per heavy atom. The van der Waals surface area contributed by atoms with Crippen LogP contribution in [0.5, 0.6) is 5.75 Å². The van der Waals surface area contributed by atoms with Crippen molar-refractivity contribution in [1.82, 2.24) is 0 Å². The molecular formula is C17H14FNO2. The zero-order valence-electron chi connectivity index (χ0n) is 11.6. The van der Waals surface area contributed by atoms with Crippen molar-refractivity contribution in [3.8, 4) is 11.8 Å². The minimum absolute atomic E-state index is 0.152. The molecule has 2 rings (SSSR count). The van der Waals surface area contributed by atoms with Gasteiger partial charge in [-0.05, 0) is 24.3 Å². The van der Waals surface area contributed by atoms with E-state index in [2.05, 4.69) is 6.07 Å². The third-order valence-corrected chi connectivity index (χ3v) is 3.08. The number of halogens is 1. The summed E-state index contributed by atoms with van der Waals surface area (Å²) in [6, 6.07) is 13.0. The molecule has 0 saturated heterocycles. The van der Waals surface area contributed by atoms with E-state index < -0.39 is 5.82 Å². The molecule has 3 nitrogen and oxygen atoms in total. The van der Waals surface area contributed by atoms with Gasteiger partial charge in [-0.2, -0.15) is 5.26 Å². The molecule has 0 aromatic heterocycles. The lowest BCUT2D eigenvalue weighted by Gasteiger charge is -2.11. The van der Waals surface area contributed by atoms with Gasteiger partial charge in [-0.25, -0.2) is 4.39 Å². The number of hydrogen-bond donors (Lipinski definition) is 0. The van der Waals surface area contributed by atoms with Crippen LogP contribution in [0.1, 0.15) is 34.8 Å². The van der Waals surface area contributed by atoms with Crippen molar-refractivity contribution in [2.24, 2.45) is 0 Å². The highest BCUT2D eigenvalue weighted by Crippen LogP contribution is 2.23. The molecule has 0 radical (unpaired) electrons. The van der Waals surface area contributed by atoms with Gasteiger partial charge < -0.3 is 4.74 Å². The first-order valence-electron chi connectivity index (χ1n) is 6.59. The summed E-state index contributed by atoms with van der Waals surface area (Å²) in [5.74, 6) is -0.328. The molecule has 106 valence electrons. The summed E-state index contributed by atoms with van der Waals surface area (Å²) >= 11 is 0. The van der Waals surface area contributed by atoms with Crippen LogP contribution in [0.2, 0.25) is 0 Å². The van der Waals surface area contributed by atoms with Crippen LogP contribution in [0.15, 0.2) is 42.5 Å². The van der Waals surface area contributed by atoms with Crippen LogP contribution in [0.25, 0.3) is 0 Å². The van der Waals surface area contributed by atoms with E-state index in [1.807, 2.05) is 6.07 Å². The van der Waals surface area contributed by atoms with Crippen molar-refractivity contribution < 1.29 is 13.9 Å². The van der Waals surface area contributed by atoms with Gasteiger partial charge in [-0.3, -0.25) is 4.79 Å². The summed E-state index contributed by atoms with van der Waals surface area (Å²) in [7, 11) is 0. The number of benzene rings is 2. The van der Waals surface area contributed by atoms with Crippen LogP contribution in [0.3, 0.4) is 0 Å². The highest BCUT2D eigenvalue weighted by atomic mass is 19.1. The zero-order chi connectivity index (χ0) is 15.2. The summed E-state index contributed by atoms with van der Waals surface area (Å²) in [6.45, 7) is 1.86. The molecule has 0 fully saturated rings. The average molecular weight is 283 g/mol. The largest absolute Gasteiger partial charge is 0.488 e. The third kappa shape index (κ3) is 3.46. The van der Waals surface area contributed by atoms with Crippen molar-refractivity contribution in [2.45, 2.75) is 20.0 Å². The van der Waals surface area contributed by atoms with E-state index in [1.165, 1.54) is 18.2 Å². The smallest absolute Gasteiger partial charge is 0.166 e. The number of ketones is 1. The predicted octanol–water partition coefficient (Wildman–Crippen LogP) is 3.87. The van der Waals surface area contributed by atoms with Crippen molar-refractivity contribution >= 4 is 5.78 Å². The maximum Gasteiger partial charge on any atom is 0.166 e. The van der Waals surface area contributed by atoms with Crippen molar-refractivity contribution in [3.05, 3.63) is 65.0 Å². The predicted molar refractivity (Wildman–Crippen MR) is 76.5 cm³/mol. The molecule has 0 N–H and O–H groups in total. The topological polar surface area (TPSA) is 50.1 Å². The third-order valence-electron chi connectivity index (χ3n) is 3.08. The second-order valence-corrected chi connectivity index (χ2v) is 4.47. The summed E-state index contributed by atoms with van der Waals surface area (Å²) in [5, 5.41) is 9.02. The molecule has 0 aliphatic carbocycles. The number of carbonyl (C=O) groups is 1. The minimum atomic E-state index is -0.475. The molecule has 0 bridgehead atoms. The van der Waals surface area contributed by atoms with E-state index in [9.17, 15) is 9.18 Å². The van der Waals surface area contributed by atoms with Gasteiger partial charge in [0.05, 0.1) is 17.2 Å². The van der Waals surface area contributed by atoms with Crippen LogP contribution in [0.4, 0.5) is 4.39 Å². The molecule has 4 heteroatoms. The normalized spacial score (nSPS) is 9.95. The van der Waals surface area contributed by atoms with Crippen LogP contribution in [0, 0.1) is 17.1 Å². The van der Waals surface area contributed by atoms with Gasteiger partial charge in [0.1, 0.15) is 18.2 Å². The summed E-state index contributed by atoms with van der Waals surface area (Å²) in [4.78, 5) is 11.8. The lowest BCUT2D eigenvalue weighted by Crippen LogP contribution is -2.05. The molecule has 0 heterocycles. The number of ether oxygens (including phenoxy) is 1. The fraction of sp³-hybridized carbons (Fsp3) is 0.176. The first-order valence-corrected chi connectivity index (χ1v) is 6.59. The summed E-state index contributed by atoms with van der Waals surface area (Å²) in [5.41, 5.74) is 1.47. The molecular weight excluding hydrogens is 269 g/mol. The highest BCUT2D eigenvalue weighted by molar-refractivity contribution is 5.98. The molecule has 0 aliphatic rings. The van der Waals surface area contributed by atoms with Crippen molar-refractivity contribution in [1.29, 1.82) is 5.26 Å². The van der Waals surface area contributed by atoms with E-state index in [0.29, 0.717) is 11.3 Å². The number of Topliss-reactive ketones (excluding diaryl/α,β-unsaturated/α-hetero) is 1. The maximum atomic E-state index is 13.3. The van der Waals surface area contributed by atoms with Gasteiger partial charge >= 0.3 is 0 Å². The Morgan fingerprint density at radius 1 is 1.29 bits per heavy atom. The molecule has 2 aromatic rings. The van der Waals surface area contributed by atoms with Crippen molar-refractivity contribution in [2.75, 3.05) is 0 Å². The second kappa shape index (κ2) is 6.67. The fourth-order valence-corrected chi connectivity index (χ4v) is 1.95. The Kier molecular flexibility index (Phi) is 4.68. The van der Waals surface area contributed by atoms with E-state index in [1.54, 1.807) is 25.1 Å². The fourth-order valence-electron chi connectivity index (χ4n) is 1.95. The summed E-state index contributed by atoms with van der Waals surface area (Å²) < 4.78 is 18.9. The molecule has 0 atom stereocenters. The number of nitriles is 1. The zero-order valence-corrected chi connectivity index (χ0v) is 11.6. The molecule has 2 aromatic carbocycles. The van der Waals surface area contributed by atoms with E-state index in [0.717, 1.165) is 5.56 Å². The second-order valence-electron chi connectivity index (χ2n) is 4.47. The van der Waals surface area contributed by atoms with E-state index in [4.69, 9.17) is 10.00 Å². The van der Waals surface area contributed by atoms with Crippen molar-refractivity contribution in [3.63, 3.8) is 0 Å². The number of rotatable bonds is 5. The Hall–Kier alpha value is -2.67. The number of nitrogens with zero attached hydrogens (tertiary/aromatic N) is 1. The Morgan fingerprint density at radius 2 is 2.05 bits per heavy atom. The van der Waals surface area contributed by atoms with Crippen LogP contribution in [-0.4, -0.2) is 5.78 Å². The number of carbonyl (C=O) groups excluding carboxylic acids is 1. The van der Waals surface area contributed by atoms with E-state index in [-0.39, 0.29) is 24.4 Å². The average Bonchev–Trinajstić information content (AvgIpc) is 2.53. The van der Waals surface area contributed by atoms with Gasteiger partial charge in [0.15, 0.2) is 5.78 Å². The first kappa shape index (κ1) is 14.7. The molecule has 0 aliphatic heterocycles. The highest BCUT2D eigenvalue weighted by Gasteiger charge is 2.13. The van der Waals surface area contributed by atoms with Gasteiger partial charge in [0.2, 0.25) is 0 Å². The lowest BCUT2D eigenvalue weighted by atomic mass is 10.1. The SMILES string of the molecule is CCC(=O)c1cc(F)ccc1OCc1ccccc1C#N. The molecule has 21 heavy (non-hydrogen) atoms.